The molecule has 3 heterocycles. The first-order valence-corrected chi connectivity index (χ1v) is 11.2. The third-order valence-electron chi connectivity index (χ3n) is 4.07. The predicted octanol–water partition coefficient (Wildman–Crippen LogP) is -1.97. The average Bonchev–Trinajstić information content (AvgIpc) is 3.14. The Morgan fingerprint density at radius 3 is 2.53 bits per heavy atom. The molecule has 3 rings (SSSR count). The Labute approximate surface area is 167 Å². The van der Waals surface area contributed by atoms with Gasteiger partial charge in [0.25, 0.3) is 5.56 Å². The molecule has 1 aliphatic rings. The van der Waals surface area contributed by atoms with E-state index in [0.717, 1.165) is 6.33 Å². The molecule has 0 bridgehead atoms. The highest BCUT2D eigenvalue weighted by atomic mass is 31.3. The predicted molar refractivity (Wildman–Crippen MR) is 97.3 cm³/mol. The normalized spacial score (nSPS) is 26.8. The topological polar surface area (TPSA) is 230 Å². The third-order valence-corrected chi connectivity index (χ3v) is 6.22. The quantitative estimate of drug-likeness (QED) is 0.241. The van der Waals surface area contributed by atoms with E-state index in [1.54, 1.807) is 14.1 Å². The van der Waals surface area contributed by atoms with Crippen LogP contribution in [0, 0.1) is 0 Å². The summed E-state index contributed by atoms with van der Waals surface area (Å²) in [6, 6.07) is 0. The number of aromatic nitrogens is 4. The Kier molecular flexibility index (Phi) is 6.19. The first-order chi connectivity index (χ1) is 13.8. The molecule has 30 heavy (non-hydrogen) atoms. The molecule has 6 N–H and O–H groups in total. The number of nitrogens with zero attached hydrogens (tertiary/aromatic N) is 4. The van der Waals surface area contributed by atoms with Crippen molar-refractivity contribution in [1.29, 1.82) is 0 Å². The van der Waals surface area contributed by atoms with Crippen molar-refractivity contribution in [3.8, 4) is 0 Å². The number of ether oxygens (including phenoxy) is 1. The zero-order chi connectivity index (χ0) is 22.4. The van der Waals surface area contributed by atoms with Crippen molar-refractivity contribution < 1.29 is 47.6 Å². The maximum Gasteiger partial charge on any atom is 0.481 e. The summed E-state index contributed by atoms with van der Waals surface area (Å²) in [5.74, 6) is 0.193. The molecule has 1 fully saturated rings. The number of aliphatic hydroxyl groups excluding tert-OH is 2. The molecule has 1 aliphatic heterocycles. The van der Waals surface area contributed by atoms with Gasteiger partial charge in [-0.15, -0.1) is 0 Å². The number of imidazole rings is 1. The van der Waals surface area contributed by atoms with E-state index in [1.165, 1.54) is 9.47 Å². The highest BCUT2D eigenvalue weighted by Crippen LogP contribution is 2.57. The van der Waals surface area contributed by atoms with Crippen molar-refractivity contribution in [3.63, 3.8) is 0 Å². The van der Waals surface area contributed by atoms with Gasteiger partial charge in [0.05, 0.1) is 12.9 Å². The Hall–Kier alpha value is -1.71. The smallest absolute Gasteiger partial charge is 0.387 e. The molecule has 5 atom stereocenters. The van der Waals surface area contributed by atoms with Crippen LogP contribution in [0.3, 0.4) is 0 Å². The summed E-state index contributed by atoms with van der Waals surface area (Å²) in [6.45, 7) is -0.855. The number of phosphoric ester groups is 1. The van der Waals surface area contributed by atoms with E-state index in [1.807, 2.05) is 0 Å². The first kappa shape index (κ1) is 23.0. The van der Waals surface area contributed by atoms with Crippen LogP contribution in [0.25, 0.3) is 11.2 Å². The van der Waals surface area contributed by atoms with Crippen LogP contribution >= 0.6 is 15.6 Å². The second-order valence-electron chi connectivity index (χ2n) is 6.49. The number of hydrogen-bond donors (Lipinski definition) is 6. The highest BCUT2D eigenvalue weighted by molar-refractivity contribution is 7.60. The molecule has 16 nitrogen and oxygen atoms in total. The van der Waals surface area contributed by atoms with Crippen molar-refractivity contribution in [1.82, 2.24) is 19.5 Å². The molecule has 1 saturated heterocycles. The van der Waals surface area contributed by atoms with Gasteiger partial charge in [-0.25, -0.2) is 14.1 Å². The number of aliphatic hydroxyl groups is 2. The van der Waals surface area contributed by atoms with Gasteiger partial charge in [0, 0.05) is 14.1 Å². The minimum atomic E-state index is -5.32. The lowest BCUT2D eigenvalue weighted by Gasteiger charge is -2.18. The van der Waals surface area contributed by atoms with E-state index in [9.17, 15) is 29.0 Å². The largest absolute Gasteiger partial charge is 0.481 e. The number of fused-ring (bicyclic) bond motifs is 1. The van der Waals surface area contributed by atoms with E-state index < -0.39 is 52.4 Å². The van der Waals surface area contributed by atoms with Crippen LogP contribution in [0.1, 0.15) is 6.23 Å². The Morgan fingerprint density at radius 1 is 1.27 bits per heavy atom. The fourth-order valence-corrected chi connectivity index (χ4v) is 4.33. The van der Waals surface area contributed by atoms with Crippen LogP contribution in [0.15, 0.2) is 11.1 Å². The van der Waals surface area contributed by atoms with E-state index in [-0.39, 0.29) is 17.1 Å². The molecule has 0 spiro atoms. The Balaban J connectivity index is 1.83. The standard InChI is InChI=1S/C12H19N5O11P2/c1-16(2)12-14-9-6(10(20)15-12)13-4-17(9)11-8(19)7(18)5(27-11)3-26-30(24,25)28-29(21,22)23/h4-5,7-8,11,18-19H,3H2,1-2H3,(H,24,25)(H,14,15,20)(H2,21,22,23)/t5-,7?,8+,11-/m1/s1. The minimum absolute atomic E-state index is 0.0398. The molecule has 0 aliphatic carbocycles. The molecule has 2 unspecified atom stereocenters. The van der Waals surface area contributed by atoms with Crippen LogP contribution in [-0.2, 0) is 22.7 Å². The van der Waals surface area contributed by atoms with Crippen LogP contribution in [0.5, 0.6) is 0 Å². The highest BCUT2D eigenvalue weighted by Gasteiger charge is 2.46. The van der Waals surface area contributed by atoms with Gasteiger partial charge in [-0.2, -0.15) is 9.29 Å². The van der Waals surface area contributed by atoms with Crippen LogP contribution in [-0.4, -0.2) is 83.4 Å². The Morgan fingerprint density at radius 2 is 1.93 bits per heavy atom. The number of hydrogen-bond acceptors (Lipinski definition) is 11. The molecule has 0 radical (unpaired) electrons. The molecular weight excluding hydrogens is 452 g/mol. The average molecular weight is 471 g/mol. The fourth-order valence-electron chi connectivity index (χ4n) is 2.73. The second kappa shape index (κ2) is 8.09. The van der Waals surface area contributed by atoms with Gasteiger partial charge >= 0.3 is 15.6 Å². The summed E-state index contributed by atoms with van der Waals surface area (Å²) in [7, 11) is -7.23. The third kappa shape index (κ3) is 4.78. The molecular formula is C12H19N5O11P2. The lowest BCUT2D eigenvalue weighted by Crippen LogP contribution is -2.33. The van der Waals surface area contributed by atoms with Gasteiger partial charge < -0.3 is 34.5 Å². The number of phosphoric acid groups is 2. The van der Waals surface area contributed by atoms with Gasteiger partial charge in [0.2, 0.25) is 5.95 Å². The number of anilines is 1. The van der Waals surface area contributed by atoms with Crippen molar-refractivity contribution in [2.24, 2.45) is 0 Å². The van der Waals surface area contributed by atoms with Gasteiger partial charge in [-0.3, -0.25) is 18.9 Å². The van der Waals surface area contributed by atoms with Crippen molar-refractivity contribution in [2.75, 3.05) is 25.6 Å². The zero-order valence-electron chi connectivity index (χ0n) is 15.5. The van der Waals surface area contributed by atoms with E-state index in [0.29, 0.717) is 0 Å². The SMILES string of the molecule is CN(C)c1nc2c(ncn2[C@@H]2O[C@H](COP(=O)(O)OP(=O)(O)O)C(O)[C@@H]2O)c(=O)[nH]1. The van der Waals surface area contributed by atoms with Crippen molar-refractivity contribution >= 4 is 32.8 Å². The summed E-state index contributed by atoms with van der Waals surface area (Å²) in [4.78, 5) is 50.9. The zero-order valence-corrected chi connectivity index (χ0v) is 17.3. The lowest BCUT2D eigenvalue weighted by atomic mass is 10.1. The summed E-state index contributed by atoms with van der Waals surface area (Å²) in [5, 5.41) is 20.5. The number of aromatic amines is 1. The summed E-state index contributed by atoms with van der Waals surface area (Å²) < 4.78 is 36.9. The van der Waals surface area contributed by atoms with Crippen molar-refractivity contribution in [3.05, 3.63) is 16.7 Å². The van der Waals surface area contributed by atoms with Gasteiger partial charge in [0.1, 0.15) is 18.3 Å². The number of H-pyrrole nitrogens is 1. The molecule has 0 aromatic carbocycles. The second-order valence-corrected chi connectivity index (χ2v) is 9.32. The van der Waals surface area contributed by atoms with Crippen LogP contribution in [0.2, 0.25) is 0 Å². The molecule has 168 valence electrons. The van der Waals surface area contributed by atoms with E-state index in [2.05, 4.69) is 23.8 Å². The number of rotatable bonds is 7. The maximum atomic E-state index is 12.2. The lowest BCUT2D eigenvalue weighted by molar-refractivity contribution is -0.0503. The molecule has 2 aromatic heterocycles. The monoisotopic (exact) mass is 471 g/mol. The minimum Gasteiger partial charge on any atom is -0.387 e. The van der Waals surface area contributed by atoms with Gasteiger partial charge in [0.15, 0.2) is 17.4 Å². The van der Waals surface area contributed by atoms with Crippen LogP contribution < -0.4 is 10.5 Å². The molecule has 2 aromatic rings. The maximum absolute atomic E-state index is 12.2. The number of nitrogens with one attached hydrogen (secondary N) is 1. The fraction of sp³-hybridized carbons (Fsp3) is 0.583. The van der Waals surface area contributed by atoms with Crippen molar-refractivity contribution in [2.45, 2.75) is 24.5 Å². The molecule has 18 heteroatoms. The summed E-state index contributed by atoms with van der Waals surface area (Å²) in [5.41, 5.74) is -0.565. The van der Waals surface area contributed by atoms with Gasteiger partial charge in [-0.05, 0) is 0 Å². The first-order valence-electron chi connectivity index (χ1n) is 8.19. The molecule has 0 saturated carbocycles. The Bertz CT molecular complexity index is 1080. The summed E-state index contributed by atoms with van der Waals surface area (Å²) in [6.07, 6.45) is -4.75. The van der Waals surface area contributed by atoms with Gasteiger partial charge in [-0.1, -0.05) is 0 Å². The summed E-state index contributed by atoms with van der Waals surface area (Å²) >= 11 is 0. The van der Waals surface area contributed by atoms with Crippen LogP contribution in [0.4, 0.5) is 5.95 Å². The van der Waals surface area contributed by atoms with E-state index in [4.69, 9.17) is 14.5 Å². The molecule has 0 amide bonds. The van der Waals surface area contributed by atoms with E-state index >= 15 is 0 Å².